The molecule has 0 bridgehead atoms. The first-order valence-corrected chi connectivity index (χ1v) is 6.38. The Kier molecular flexibility index (Phi) is 6.43. The molecule has 0 saturated heterocycles. The number of rotatable bonds is 6. The lowest BCUT2D eigenvalue weighted by atomic mass is 10.1. The highest BCUT2D eigenvalue weighted by molar-refractivity contribution is 5.87. The summed E-state index contributed by atoms with van der Waals surface area (Å²) in [6.07, 6.45) is 2.54. The van der Waals surface area contributed by atoms with Crippen LogP contribution < -0.4 is 5.32 Å². The van der Waals surface area contributed by atoms with Crippen LogP contribution in [0.3, 0.4) is 0 Å². The van der Waals surface area contributed by atoms with Gasteiger partial charge in [-0.2, -0.15) is 0 Å². The zero-order valence-corrected chi connectivity index (χ0v) is 11.6. The number of hydrogen-bond donors (Lipinski definition) is 1. The summed E-state index contributed by atoms with van der Waals surface area (Å²) in [5.74, 6) is -1.19. The van der Waals surface area contributed by atoms with Crippen LogP contribution in [-0.4, -0.2) is 24.5 Å². The second kappa shape index (κ2) is 8.09. The predicted molar refractivity (Wildman–Crippen MR) is 73.5 cm³/mol. The zero-order valence-electron chi connectivity index (χ0n) is 11.6. The van der Waals surface area contributed by atoms with Crippen molar-refractivity contribution in [3.63, 3.8) is 0 Å². The van der Waals surface area contributed by atoms with Crippen LogP contribution in [0.1, 0.15) is 19.4 Å². The Morgan fingerprint density at radius 1 is 1.35 bits per heavy atom. The van der Waals surface area contributed by atoms with E-state index in [0.717, 1.165) is 5.56 Å². The fourth-order valence-electron chi connectivity index (χ4n) is 1.53. The van der Waals surface area contributed by atoms with E-state index in [4.69, 9.17) is 4.74 Å². The molecule has 0 aliphatic heterocycles. The number of carbonyl (C=O) groups excluding carboxylic acids is 2. The van der Waals surface area contributed by atoms with Gasteiger partial charge in [0, 0.05) is 12.6 Å². The van der Waals surface area contributed by atoms with E-state index in [1.807, 2.05) is 0 Å². The zero-order chi connectivity index (χ0) is 15.0. The molecule has 20 heavy (non-hydrogen) atoms. The van der Waals surface area contributed by atoms with Gasteiger partial charge in [-0.05, 0) is 38.0 Å². The van der Waals surface area contributed by atoms with Crippen molar-refractivity contribution in [3.05, 3.63) is 47.8 Å². The Bertz CT molecular complexity index is 482. The molecule has 1 amide bonds. The van der Waals surface area contributed by atoms with Crippen LogP contribution in [-0.2, 0) is 20.7 Å². The van der Waals surface area contributed by atoms with Gasteiger partial charge < -0.3 is 10.1 Å². The lowest BCUT2D eigenvalue weighted by Crippen LogP contribution is -2.36. The lowest BCUT2D eigenvalue weighted by molar-refractivity contribution is -0.150. The average Bonchev–Trinajstić information content (AvgIpc) is 2.41. The van der Waals surface area contributed by atoms with Gasteiger partial charge in [-0.3, -0.25) is 4.79 Å². The number of esters is 1. The number of hydrogen-bond acceptors (Lipinski definition) is 3. The third-order valence-corrected chi connectivity index (χ3v) is 2.59. The van der Waals surface area contributed by atoms with Gasteiger partial charge in [0.15, 0.2) is 6.10 Å². The number of allylic oxidation sites excluding steroid dienone is 1. The van der Waals surface area contributed by atoms with E-state index in [1.54, 1.807) is 25.1 Å². The minimum Gasteiger partial charge on any atom is -0.449 e. The maximum atomic E-state index is 12.7. The molecule has 0 saturated carbocycles. The summed E-state index contributed by atoms with van der Waals surface area (Å²) in [6, 6.07) is 6.07. The second-order valence-corrected chi connectivity index (χ2v) is 4.25. The van der Waals surface area contributed by atoms with Crippen LogP contribution in [0, 0.1) is 5.82 Å². The maximum absolute atomic E-state index is 12.7. The summed E-state index contributed by atoms with van der Waals surface area (Å²) >= 11 is 0. The summed E-state index contributed by atoms with van der Waals surface area (Å²) in [5, 5.41) is 2.66. The Morgan fingerprint density at radius 2 is 2.00 bits per heavy atom. The van der Waals surface area contributed by atoms with E-state index in [9.17, 15) is 14.0 Å². The Hall–Kier alpha value is -2.17. The topological polar surface area (TPSA) is 55.4 Å². The number of amides is 1. The fourth-order valence-corrected chi connectivity index (χ4v) is 1.53. The maximum Gasteiger partial charge on any atom is 0.331 e. The summed E-state index contributed by atoms with van der Waals surface area (Å²) < 4.78 is 17.6. The molecule has 1 rings (SSSR count). The number of ether oxygens (including phenoxy) is 1. The van der Waals surface area contributed by atoms with E-state index in [2.05, 4.69) is 5.32 Å². The van der Waals surface area contributed by atoms with Crippen molar-refractivity contribution in [2.24, 2.45) is 0 Å². The molecule has 0 aromatic heterocycles. The highest BCUT2D eigenvalue weighted by Crippen LogP contribution is 2.03. The normalized spacial score (nSPS) is 12.2. The quantitative estimate of drug-likeness (QED) is 0.640. The van der Waals surface area contributed by atoms with Crippen molar-refractivity contribution >= 4 is 11.9 Å². The second-order valence-electron chi connectivity index (χ2n) is 4.25. The van der Waals surface area contributed by atoms with E-state index < -0.39 is 12.1 Å². The molecule has 0 radical (unpaired) electrons. The van der Waals surface area contributed by atoms with E-state index >= 15 is 0 Å². The van der Waals surface area contributed by atoms with Gasteiger partial charge in [0.2, 0.25) is 0 Å². The molecular formula is C15H18FNO3. The van der Waals surface area contributed by atoms with Crippen molar-refractivity contribution in [1.29, 1.82) is 0 Å². The molecule has 0 aliphatic rings. The van der Waals surface area contributed by atoms with Gasteiger partial charge in [0.05, 0.1) is 0 Å². The molecule has 0 fully saturated rings. The van der Waals surface area contributed by atoms with Crippen LogP contribution in [0.15, 0.2) is 36.4 Å². The van der Waals surface area contributed by atoms with E-state index in [-0.39, 0.29) is 11.7 Å². The molecule has 5 heteroatoms. The van der Waals surface area contributed by atoms with Crippen molar-refractivity contribution in [1.82, 2.24) is 5.32 Å². The van der Waals surface area contributed by atoms with Gasteiger partial charge in [-0.1, -0.05) is 18.2 Å². The lowest BCUT2D eigenvalue weighted by Gasteiger charge is -2.12. The minimum atomic E-state index is -0.841. The smallest absolute Gasteiger partial charge is 0.331 e. The molecule has 0 aliphatic carbocycles. The van der Waals surface area contributed by atoms with Gasteiger partial charge in [-0.25, -0.2) is 9.18 Å². The summed E-state index contributed by atoms with van der Waals surface area (Å²) in [4.78, 5) is 22.8. The largest absolute Gasteiger partial charge is 0.449 e. The van der Waals surface area contributed by atoms with Gasteiger partial charge >= 0.3 is 5.97 Å². The molecule has 1 aromatic rings. The average molecular weight is 279 g/mol. The summed E-state index contributed by atoms with van der Waals surface area (Å²) in [5.41, 5.74) is 0.922. The van der Waals surface area contributed by atoms with Crippen LogP contribution in [0.25, 0.3) is 0 Å². The van der Waals surface area contributed by atoms with E-state index in [0.29, 0.717) is 13.0 Å². The number of halogens is 1. The van der Waals surface area contributed by atoms with Gasteiger partial charge in [0.25, 0.3) is 5.91 Å². The molecule has 4 nitrogen and oxygen atoms in total. The number of benzene rings is 1. The minimum absolute atomic E-state index is 0.290. The summed E-state index contributed by atoms with van der Waals surface area (Å²) in [7, 11) is 0. The molecule has 0 spiro atoms. The van der Waals surface area contributed by atoms with Gasteiger partial charge in [0.1, 0.15) is 5.82 Å². The molecule has 108 valence electrons. The SMILES string of the molecule is C/C=C\C(=O)O[C@@H](C)C(=O)NCCc1ccc(F)cc1. The van der Waals surface area contributed by atoms with Crippen molar-refractivity contribution in [3.8, 4) is 0 Å². The van der Waals surface area contributed by atoms with E-state index in [1.165, 1.54) is 25.1 Å². The predicted octanol–water partition coefficient (Wildman–Crippen LogP) is 1.99. The molecule has 1 aromatic carbocycles. The summed E-state index contributed by atoms with van der Waals surface area (Å²) in [6.45, 7) is 3.60. The third-order valence-electron chi connectivity index (χ3n) is 2.59. The number of carbonyl (C=O) groups is 2. The van der Waals surface area contributed by atoms with Crippen molar-refractivity contribution in [2.75, 3.05) is 6.54 Å². The van der Waals surface area contributed by atoms with Crippen LogP contribution in [0.2, 0.25) is 0 Å². The molecule has 0 unspecified atom stereocenters. The molecule has 0 heterocycles. The third kappa shape index (κ3) is 5.65. The molecule has 1 N–H and O–H groups in total. The standard InChI is InChI=1S/C15H18FNO3/c1-3-4-14(18)20-11(2)15(19)17-10-9-12-5-7-13(16)8-6-12/h3-8,11H,9-10H2,1-2H3,(H,17,19)/b4-3-/t11-/m0/s1. The first-order chi connectivity index (χ1) is 9.52. The van der Waals surface area contributed by atoms with Crippen molar-refractivity contribution < 1.29 is 18.7 Å². The Morgan fingerprint density at radius 3 is 2.60 bits per heavy atom. The van der Waals surface area contributed by atoms with Crippen LogP contribution in [0.5, 0.6) is 0 Å². The van der Waals surface area contributed by atoms with Crippen LogP contribution in [0.4, 0.5) is 4.39 Å². The number of nitrogens with one attached hydrogen (secondary N) is 1. The fraction of sp³-hybridized carbons (Fsp3) is 0.333. The highest BCUT2D eigenvalue weighted by Gasteiger charge is 2.15. The Labute approximate surface area is 117 Å². The van der Waals surface area contributed by atoms with Gasteiger partial charge in [-0.15, -0.1) is 0 Å². The molecular weight excluding hydrogens is 261 g/mol. The first kappa shape index (κ1) is 15.9. The monoisotopic (exact) mass is 279 g/mol. The van der Waals surface area contributed by atoms with Crippen LogP contribution >= 0.6 is 0 Å². The molecule has 1 atom stereocenters. The Balaban J connectivity index is 2.32. The first-order valence-electron chi connectivity index (χ1n) is 6.38. The highest BCUT2D eigenvalue weighted by atomic mass is 19.1. The van der Waals surface area contributed by atoms with Crippen molar-refractivity contribution in [2.45, 2.75) is 26.4 Å².